The molecule has 1 aromatic carbocycles. The normalized spacial score (nSPS) is 10.4. The van der Waals surface area contributed by atoms with Gasteiger partial charge in [-0.1, -0.05) is 12.1 Å². The molecule has 0 spiro atoms. The molecule has 0 saturated carbocycles. The fraction of sp³-hybridized carbons (Fsp3) is 0.333. The van der Waals surface area contributed by atoms with Crippen molar-refractivity contribution in [2.24, 2.45) is 0 Å². The molecule has 0 aliphatic carbocycles. The van der Waals surface area contributed by atoms with Crippen molar-refractivity contribution in [2.75, 3.05) is 7.11 Å². The zero-order valence-electron chi connectivity index (χ0n) is 13.6. The zero-order valence-corrected chi connectivity index (χ0v) is 14.5. The van der Waals surface area contributed by atoms with Crippen LogP contribution in [0.1, 0.15) is 38.5 Å². The summed E-state index contributed by atoms with van der Waals surface area (Å²) >= 11 is 1.61. The van der Waals surface area contributed by atoms with Gasteiger partial charge in [-0.25, -0.2) is 0 Å². The number of methoxy groups -OCH3 is 1. The number of nitrogens with one attached hydrogen (secondary N) is 1. The second-order valence-electron chi connectivity index (χ2n) is 5.37. The number of aryl methyl sites for hydroxylation is 2. The Balaban J connectivity index is 1.78. The first-order chi connectivity index (χ1) is 11.0. The number of benzene rings is 1. The summed E-state index contributed by atoms with van der Waals surface area (Å²) in [6, 6.07) is 9.42. The number of ether oxygens (including phenoxy) is 1. The van der Waals surface area contributed by atoms with Gasteiger partial charge in [0.05, 0.1) is 7.11 Å². The third kappa shape index (κ3) is 4.93. The van der Waals surface area contributed by atoms with Crippen LogP contribution in [-0.4, -0.2) is 18.8 Å². The predicted octanol–water partition coefficient (Wildman–Crippen LogP) is 3.65. The Hall–Kier alpha value is -2.14. The molecule has 2 rings (SSSR count). The Bertz CT molecular complexity index is 689. The topological polar surface area (TPSA) is 55.4 Å². The molecule has 1 heterocycles. The van der Waals surface area contributed by atoms with Crippen LogP contribution in [0.3, 0.4) is 0 Å². The second kappa shape index (κ2) is 7.92. The van der Waals surface area contributed by atoms with E-state index in [0.29, 0.717) is 6.54 Å². The molecule has 23 heavy (non-hydrogen) atoms. The number of carbonyl (C=O) groups is 2. The van der Waals surface area contributed by atoms with E-state index in [2.05, 4.69) is 5.32 Å². The molecule has 0 radical (unpaired) electrons. The number of thiophene rings is 1. The van der Waals surface area contributed by atoms with Crippen molar-refractivity contribution in [3.8, 4) is 5.75 Å². The van der Waals surface area contributed by atoms with Crippen molar-refractivity contribution >= 4 is 23.0 Å². The minimum Gasteiger partial charge on any atom is -0.497 e. The van der Waals surface area contributed by atoms with Crippen LogP contribution in [0, 0.1) is 13.8 Å². The van der Waals surface area contributed by atoms with E-state index in [1.54, 1.807) is 18.4 Å². The Labute approximate surface area is 140 Å². The smallest absolute Gasteiger partial charge is 0.220 e. The minimum atomic E-state index is -0.112. The second-order valence-corrected chi connectivity index (χ2v) is 6.84. The zero-order chi connectivity index (χ0) is 16.8. The van der Waals surface area contributed by atoms with Gasteiger partial charge in [0.1, 0.15) is 5.75 Å². The Morgan fingerprint density at radius 3 is 2.39 bits per heavy atom. The number of Topliss-reactive ketones (excluding diaryl/α,β-unsaturated/α-hetero) is 1. The third-order valence-corrected chi connectivity index (χ3v) is 4.54. The highest BCUT2D eigenvalue weighted by Gasteiger charge is 2.13. The average molecular weight is 331 g/mol. The van der Waals surface area contributed by atoms with Crippen molar-refractivity contribution in [1.82, 2.24) is 5.32 Å². The van der Waals surface area contributed by atoms with Crippen molar-refractivity contribution in [3.05, 3.63) is 51.2 Å². The van der Waals surface area contributed by atoms with Gasteiger partial charge in [-0.05, 0) is 37.6 Å². The first-order valence-corrected chi connectivity index (χ1v) is 8.31. The van der Waals surface area contributed by atoms with Crippen LogP contribution in [0.15, 0.2) is 30.3 Å². The molecule has 0 bridgehead atoms. The van der Waals surface area contributed by atoms with E-state index in [4.69, 9.17) is 4.74 Å². The summed E-state index contributed by atoms with van der Waals surface area (Å²) < 4.78 is 5.09. The van der Waals surface area contributed by atoms with Crippen molar-refractivity contribution in [2.45, 2.75) is 33.2 Å². The fourth-order valence-corrected chi connectivity index (χ4v) is 3.24. The van der Waals surface area contributed by atoms with Gasteiger partial charge in [0, 0.05) is 34.7 Å². The van der Waals surface area contributed by atoms with Gasteiger partial charge in [-0.15, -0.1) is 11.3 Å². The summed E-state index contributed by atoms with van der Waals surface area (Å²) in [5.41, 5.74) is 1.74. The molecule has 2 aromatic rings. The summed E-state index contributed by atoms with van der Waals surface area (Å²) in [5, 5.41) is 2.83. The summed E-state index contributed by atoms with van der Waals surface area (Å²) in [4.78, 5) is 26.2. The van der Waals surface area contributed by atoms with Gasteiger partial charge in [0.2, 0.25) is 5.91 Å². The monoisotopic (exact) mass is 331 g/mol. The summed E-state index contributed by atoms with van der Waals surface area (Å²) in [6.07, 6.45) is 0.453. The Morgan fingerprint density at radius 2 is 1.83 bits per heavy atom. The molecular weight excluding hydrogens is 310 g/mol. The van der Waals surface area contributed by atoms with Crippen LogP contribution in [0.2, 0.25) is 0 Å². The van der Waals surface area contributed by atoms with E-state index >= 15 is 0 Å². The highest BCUT2D eigenvalue weighted by molar-refractivity contribution is 7.12. The number of hydrogen-bond donors (Lipinski definition) is 1. The number of carbonyl (C=O) groups excluding carboxylic acids is 2. The maximum atomic E-state index is 12.1. The van der Waals surface area contributed by atoms with E-state index in [-0.39, 0.29) is 24.5 Å². The molecule has 0 aliphatic rings. The first-order valence-electron chi connectivity index (χ1n) is 7.49. The van der Waals surface area contributed by atoms with Gasteiger partial charge in [-0.3, -0.25) is 9.59 Å². The van der Waals surface area contributed by atoms with Crippen LogP contribution in [0.4, 0.5) is 0 Å². The number of ketones is 1. The lowest BCUT2D eigenvalue weighted by molar-refractivity contribution is -0.121. The molecule has 1 aromatic heterocycles. The minimum absolute atomic E-state index is 0.0337. The summed E-state index contributed by atoms with van der Waals surface area (Å²) in [6.45, 7) is 4.37. The van der Waals surface area contributed by atoms with Crippen LogP contribution < -0.4 is 10.1 Å². The van der Waals surface area contributed by atoms with Crippen molar-refractivity contribution in [1.29, 1.82) is 0 Å². The number of amides is 1. The molecule has 0 atom stereocenters. The summed E-state index contributed by atoms with van der Waals surface area (Å²) in [5.74, 6) is 0.706. The molecule has 5 heteroatoms. The van der Waals surface area contributed by atoms with Gasteiger partial charge in [-0.2, -0.15) is 0 Å². The molecule has 0 unspecified atom stereocenters. The molecule has 1 amide bonds. The van der Waals surface area contributed by atoms with Crippen molar-refractivity contribution < 1.29 is 14.3 Å². The molecule has 1 N–H and O–H groups in total. The van der Waals surface area contributed by atoms with E-state index in [1.807, 2.05) is 44.2 Å². The van der Waals surface area contributed by atoms with Crippen LogP contribution in [0.5, 0.6) is 5.75 Å². The largest absolute Gasteiger partial charge is 0.497 e. The average Bonchev–Trinajstić information content (AvgIpc) is 2.89. The highest BCUT2D eigenvalue weighted by Crippen LogP contribution is 2.22. The molecule has 0 saturated heterocycles. The van der Waals surface area contributed by atoms with E-state index in [0.717, 1.165) is 26.6 Å². The quantitative estimate of drug-likeness (QED) is 0.788. The summed E-state index contributed by atoms with van der Waals surface area (Å²) in [7, 11) is 1.62. The van der Waals surface area contributed by atoms with Gasteiger partial charge in [0.15, 0.2) is 5.78 Å². The van der Waals surface area contributed by atoms with E-state index in [1.165, 1.54) is 0 Å². The number of hydrogen-bond acceptors (Lipinski definition) is 4. The van der Waals surface area contributed by atoms with Crippen LogP contribution >= 0.6 is 11.3 Å². The maximum Gasteiger partial charge on any atom is 0.220 e. The standard InChI is InChI=1S/C18H21NO3S/c1-12-10-16(13(2)23-12)17(20)8-9-18(21)19-11-14-4-6-15(22-3)7-5-14/h4-7,10H,8-9,11H2,1-3H3,(H,19,21). The molecule has 122 valence electrons. The Morgan fingerprint density at radius 1 is 1.13 bits per heavy atom. The van der Waals surface area contributed by atoms with Crippen LogP contribution in [0.25, 0.3) is 0 Å². The maximum absolute atomic E-state index is 12.1. The predicted molar refractivity (Wildman–Crippen MR) is 92.2 cm³/mol. The van der Waals surface area contributed by atoms with E-state index < -0.39 is 0 Å². The SMILES string of the molecule is COc1ccc(CNC(=O)CCC(=O)c2cc(C)sc2C)cc1. The molecule has 0 aliphatic heterocycles. The Kier molecular flexibility index (Phi) is 5.93. The lowest BCUT2D eigenvalue weighted by atomic mass is 10.1. The highest BCUT2D eigenvalue weighted by atomic mass is 32.1. The van der Waals surface area contributed by atoms with Gasteiger partial charge in [0.25, 0.3) is 0 Å². The first kappa shape index (κ1) is 17.2. The third-order valence-electron chi connectivity index (χ3n) is 3.57. The fourth-order valence-electron chi connectivity index (χ4n) is 2.30. The molecule has 4 nitrogen and oxygen atoms in total. The van der Waals surface area contributed by atoms with E-state index in [9.17, 15) is 9.59 Å². The lowest BCUT2D eigenvalue weighted by Crippen LogP contribution is -2.23. The molecular formula is C18H21NO3S. The van der Waals surface area contributed by atoms with Gasteiger partial charge >= 0.3 is 0 Å². The van der Waals surface area contributed by atoms with Crippen molar-refractivity contribution in [3.63, 3.8) is 0 Å². The van der Waals surface area contributed by atoms with Crippen LogP contribution in [-0.2, 0) is 11.3 Å². The lowest BCUT2D eigenvalue weighted by Gasteiger charge is -2.06. The number of rotatable bonds is 7. The molecule has 0 fully saturated rings. The van der Waals surface area contributed by atoms with Gasteiger partial charge < -0.3 is 10.1 Å².